The van der Waals surface area contributed by atoms with Gasteiger partial charge in [-0.25, -0.2) is 0 Å². The summed E-state index contributed by atoms with van der Waals surface area (Å²) in [7, 11) is 3.80. The Morgan fingerprint density at radius 3 is 2.88 bits per heavy atom. The third kappa shape index (κ3) is 2.41. The van der Waals surface area contributed by atoms with Gasteiger partial charge < -0.3 is 10.5 Å². The van der Waals surface area contributed by atoms with E-state index in [0.717, 1.165) is 35.8 Å². The van der Waals surface area contributed by atoms with Crippen molar-refractivity contribution in [3.05, 3.63) is 28.8 Å². The summed E-state index contributed by atoms with van der Waals surface area (Å²) >= 11 is 6.31. The van der Waals surface area contributed by atoms with Crippen LogP contribution in [0.15, 0.2) is 18.2 Å². The van der Waals surface area contributed by atoms with E-state index in [1.54, 1.807) is 7.11 Å². The van der Waals surface area contributed by atoms with E-state index in [1.807, 2.05) is 18.2 Å². The maximum atomic E-state index is 6.31. The van der Waals surface area contributed by atoms with Gasteiger partial charge in [0.05, 0.1) is 7.11 Å². The summed E-state index contributed by atoms with van der Waals surface area (Å²) in [5, 5.41) is 0.777. The summed E-state index contributed by atoms with van der Waals surface area (Å²) in [4.78, 5) is 2.31. The number of hydrogen-bond donors (Lipinski definition) is 1. The van der Waals surface area contributed by atoms with Gasteiger partial charge >= 0.3 is 0 Å². The van der Waals surface area contributed by atoms with Gasteiger partial charge in [0.15, 0.2) is 0 Å². The highest BCUT2D eigenvalue weighted by molar-refractivity contribution is 6.31. The van der Waals surface area contributed by atoms with E-state index in [1.165, 1.54) is 0 Å². The lowest BCUT2D eigenvalue weighted by molar-refractivity contribution is 0.303. The van der Waals surface area contributed by atoms with E-state index in [9.17, 15) is 0 Å². The van der Waals surface area contributed by atoms with Crippen molar-refractivity contribution in [2.45, 2.75) is 12.5 Å². The van der Waals surface area contributed by atoms with E-state index in [4.69, 9.17) is 22.1 Å². The molecule has 0 aromatic heterocycles. The first-order chi connectivity index (χ1) is 8.17. The normalized spacial score (nSPS) is 25.2. The highest BCUT2D eigenvalue weighted by Crippen LogP contribution is 2.41. The number of hydrogen-bond acceptors (Lipinski definition) is 3. The van der Waals surface area contributed by atoms with Crippen molar-refractivity contribution in [3.63, 3.8) is 0 Å². The largest absolute Gasteiger partial charge is 0.496 e. The Morgan fingerprint density at radius 2 is 2.29 bits per heavy atom. The average Bonchev–Trinajstić information content (AvgIpc) is 2.70. The van der Waals surface area contributed by atoms with Gasteiger partial charge in [-0.15, -0.1) is 0 Å². The SMILES string of the molecule is COc1cccc(Cl)c1C1CC(CN)CN1C. The fourth-order valence-electron chi connectivity index (χ4n) is 2.63. The lowest BCUT2D eigenvalue weighted by atomic mass is 9.99. The minimum atomic E-state index is 0.312. The first-order valence-electron chi connectivity index (χ1n) is 5.90. The Balaban J connectivity index is 2.34. The number of halogens is 1. The molecule has 2 rings (SSSR count). The molecule has 1 fully saturated rings. The van der Waals surface area contributed by atoms with Crippen molar-refractivity contribution in [2.24, 2.45) is 11.7 Å². The van der Waals surface area contributed by atoms with Crippen LogP contribution in [-0.4, -0.2) is 32.1 Å². The number of ether oxygens (including phenoxy) is 1. The van der Waals surface area contributed by atoms with Gasteiger partial charge in [-0.05, 0) is 38.1 Å². The second kappa shape index (κ2) is 5.25. The molecule has 17 heavy (non-hydrogen) atoms. The van der Waals surface area contributed by atoms with Gasteiger partial charge in [-0.3, -0.25) is 4.90 Å². The van der Waals surface area contributed by atoms with Crippen LogP contribution in [0, 0.1) is 5.92 Å². The molecule has 0 amide bonds. The molecule has 1 aliphatic heterocycles. The van der Waals surface area contributed by atoms with Gasteiger partial charge in [-0.1, -0.05) is 17.7 Å². The Kier molecular flexibility index (Phi) is 3.92. The maximum Gasteiger partial charge on any atom is 0.125 e. The van der Waals surface area contributed by atoms with Crippen LogP contribution in [0.25, 0.3) is 0 Å². The van der Waals surface area contributed by atoms with Crippen molar-refractivity contribution in [2.75, 3.05) is 27.2 Å². The summed E-state index contributed by atoms with van der Waals surface area (Å²) in [5.41, 5.74) is 6.85. The summed E-state index contributed by atoms with van der Waals surface area (Å²) in [6.45, 7) is 1.75. The molecule has 0 bridgehead atoms. The fraction of sp³-hybridized carbons (Fsp3) is 0.538. The van der Waals surface area contributed by atoms with E-state index in [-0.39, 0.29) is 0 Å². The summed E-state index contributed by atoms with van der Waals surface area (Å²) in [6, 6.07) is 6.11. The number of methoxy groups -OCH3 is 1. The molecule has 1 heterocycles. The molecular weight excluding hydrogens is 236 g/mol. The molecule has 1 aliphatic rings. The topological polar surface area (TPSA) is 38.5 Å². The van der Waals surface area contributed by atoms with Crippen molar-refractivity contribution in [1.82, 2.24) is 4.90 Å². The van der Waals surface area contributed by atoms with Gasteiger partial charge in [-0.2, -0.15) is 0 Å². The Hall–Kier alpha value is -0.770. The van der Waals surface area contributed by atoms with Crippen LogP contribution >= 0.6 is 11.6 Å². The molecule has 0 radical (unpaired) electrons. The first-order valence-corrected chi connectivity index (χ1v) is 6.27. The Labute approximate surface area is 107 Å². The van der Waals surface area contributed by atoms with Crippen LogP contribution in [0.4, 0.5) is 0 Å². The third-order valence-corrected chi connectivity index (χ3v) is 3.86. The van der Waals surface area contributed by atoms with Crippen molar-refractivity contribution in [3.8, 4) is 5.75 Å². The lowest BCUT2D eigenvalue weighted by Gasteiger charge is -2.22. The monoisotopic (exact) mass is 254 g/mol. The summed E-state index contributed by atoms with van der Waals surface area (Å²) in [5.74, 6) is 1.41. The second-order valence-electron chi connectivity index (χ2n) is 4.65. The molecule has 0 spiro atoms. The van der Waals surface area contributed by atoms with Crippen LogP contribution in [0.5, 0.6) is 5.75 Å². The van der Waals surface area contributed by atoms with Gasteiger partial charge in [0, 0.05) is 23.2 Å². The lowest BCUT2D eigenvalue weighted by Crippen LogP contribution is -2.21. The van der Waals surface area contributed by atoms with Gasteiger partial charge in [0.1, 0.15) is 5.75 Å². The van der Waals surface area contributed by atoms with Crippen molar-refractivity contribution < 1.29 is 4.74 Å². The Bertz CT molecular complexity index is 397. The maximum absolute atomic E-state index is 6.31. The second-order valence-corrected chi connectivity index (χ2v) is 5.06. The van der Waals surface area contributed by atoms with Crippen LogP contribution in [0.1, 0.15) is 18.0 Å². The molecule has 94 valence electrons. The number of likely N-dealkylation sites (tertiary alicyclic amines) is 1. The molecule has 2 atom stereocenters. The summed E-state index contributed by atoms with van der Waals surface area (Å²) in [6.07, 6.45) is 1.05. The standard InChI is InChI=1S/C13H19ClN2O/c1-16-8-9(7-15)6-11(16)13-10(14)4-3-5-12(13)17-2/h3-5,9,11H,6-8,15H2,1-2H3. The molecule has 2 unspecified atom stereocenters. The minimum absolute atomic E-state index is 0.312. The molecule has 2 N–H and O–H groups in total. The zero-order chi connectivity index (χ0) is 12.4. The average molecular weight is 255 g/mol. The van der Waals surface area contributed by atoms with E-state index < -0.39 is 0 Å². The predicted molar refractivity (Wildman–Crippen MR) is 70.5 cm³/mol. The number of nitrogens with zero attached hydrogens (tertiary/aromatic N) is 1. The molecule has 4 heteroatoms. The highest BCUT2D eigenvalue weighted by atomic mass is 35.5. The molecular formula is C13H19ClN2O. The van der Waals surface area contributed by atoms with Crippen LogP contribution in [-0.2, 0) is 0 Å². The molecule has 1 saturated heterocycles. The molecule has 1 aromatic carbocycles. The Morgan fingerprint density at radius 1 is 1.53 bits per heavy atom. The third-order valence-electron chi connectivity index (χ3n) is 3.53. The quantitative estimate of drug-likeness (QED) is 0.900. The molecule has 0 saturated carbocycles. The van der Waals surface area contributed by atoms with Crippen LogP contribution in [0.2, 0.25) is 5.02 Å². The van der Waals surface area contributed by atoms with Crippen molar-refractivity contribution in [1.29, 1.82) is 0 Å². The van der Waals surface area contributed by atoms with E-state index in [2.05, 4.69) is 11.9 Å². The minimum Gasteiger partial charge on any atom is -0.496 e. The van der Waals surface area contributed by atoms with Gasteiger partial charge in [0.2, 0.25) is 0 Å². The number of benzene rings is 1. The summed E-state index contributed by atoms with van der Waals surface area (Å²) < 4.78 is 5.41. The molecule has 3 nitrogen and oxygen atoms in total. The smallest absolute Gasteiger partial charge is 0.125 e. The van der Waals surface area contributed by atoms with Crippen molar-refractivity contribution >= 4 is 11.6 Å². The molecule has 0 aliphatic carbocycles. The fourth-order valence-corrected chi connectivity index (χ4v) is 2.92. The highest BCUT2D eigenvalue weighted by Gasteiger charge is 2.32. The van der Waals surface area contributed by atoms with Crippen LogP contribution < -0.4 is 10.5 Å². The predicted octanol–water partition coefficient (Wildman–Crippen LogP) is 2.30. The zero-order valence-corrected chi connectivity index (χ0v) is 11.1. The van der Waals surface area contributed by atoms with E-state index in [0.29, 0.717) is 12.0 Å². The first kappa shape index (κ1) is 12.7. The zero-order valence-electron chi connectivity index (χ0n) is 10.3. The number of nitrogens with two attached hydrogens (primary N) is 1. The van der Waals surface area contributed by atoms with E-state index >= 15 is 0 Å². The number of rotatable bonds is 3. The van der Waals surface area contributed by atoms with Gasteiger partial charge in [0.25, 0.3) is 0 Å². The molecule has 1 aromatic rings. The van der Waals surface area contributed by atoms with Crippen LogP contribution in [0.3, 0.4) is 0 Å².